The molecule has 3 aromatic rings. The third-order valence-electron chi connectivity index (χ3n) is 4.14. The standard InChI is InChI=1S/C17H16N6OS/c1-10-8-9-25-15(10)14-13(11(2)18-17-20-21-22-23(14)17)16(24)19-12-6-4-3-5-7-12/h3-9,14H,1-2H3,(H,19,24)(H,18,20,22)/t14-/m1/s1. The normalized spacial score (nSPS) is 16.3. The average molecular weight is 352 g/mol. The van der Waals surface area contributed by atoms with Gasteiger partial charge < -0.3 is 10.6 Å². The number of benzene rings is 1. The van der Waals surface area contributed by atoms with Gasteiger partial charge in [0.1, 0.15) is 6.04 Å². The minimum Gasteiger partial charge on any atom is -0.326 e. The van der Waals surface area contributed by atoms with Gasteiger partial charge in [-0.25, -0.2) is 0 Å². The Hall–Kier alpha value is -3.00. The van der Waals surface area contributed by atoms with Gasteiger partial charge in [-0.1, -0.05) is 23.3 Å². The van der Waals surface area contributed by atoms with Gasteiger partial charge in [0.15, 0.2) is 0 Å². The lowest BCUT2D eigenvalue weighted by atomic mass is 9.99. The predicted octanol–water partition coefficient (Wildman–Crippen LogP) is 2.97. The van der Waals surface area contributed by atoms with Gasteiger partial charge in [0.2, 0.25) is 5.95 Å². The van der Waals surface area contributed by atoms with E-state index in [-0.39, 0.29) is 11.9 Å². The maximum Gasteiger partial charge on any atom is 0.255 e. The van der Waals surface area contributed by atoms with E-state index in [1.807, 2.05) is 55.6 Å². The number of rotatable bonds is 3. The van der Waals surface area contributed by atoms with E-state index < -0.39 is 0 Å². The Bertz CT molecular complexity index is 958. The largest absolute Gasteiger partial charge is 0.326 e. The van der Waals surface area contributed by atoms with Crippen LogP contribution in [0.4, 0.5) is 11.6 Å². The van der Waals surface area contributed by atoms with Crippen LogP contribution in [0.25, 0.3) is 0 Å². The number of fused-ring (bicyclic) bond motifs is 1. The molecule has 1 aliphatic rings. The smallest absolute Gasteiger partial charge is 0.255 e. The Morgan fingerprint density at radius 3 is 2.76 bits per heavy atom. The summed E-state index contributed by atoms with van der Waals surface area (Å²) in [5.41, 5.74) is 3.20. The number of amides is 1. The van der Waals surface area contributed by atoms with Crippen molar-refractivity contribution in [1.82, 2.24) is 20.2 Å². The van der Waals surface area contributed by atoms with Crippen molar-refractivity contribution < 1.29 is 4.79 Å². The number of anilines is 2. The second-order valence-electron chi connectivity index (χ2n) is 5.80. The van der Waals surface area contributed by atoms with Crippen LogP contribution in [-0.2, 0) is 4.79 Å². The second kappa shape index (κ2) is 6.14. The van der Waals surface area contributed by atoms with Crippen molar-refractivity contribution in [2.75, 3.05) is 10.6 Å². The highest BCUT2D eigenvalue weighted by atomic mass is 32.1. The number of para-hydroxylation sites is 1. The van der Waals surface area contributed by atoms with Crippen molar-refractivity contribution in [3.05, 3.63) is 63.5 Å². The van der Waals surface area contributed by atoms with Crippen molar-refractivity contribution in [3.8, 4) is 0 Å². The van der Waals surface area contributed by atoms with Gasteiger partial charge in [0.25, 0.3) is 5.91 Å². The number of nitrogens with one attached hydrogen (secondary N) is 2. The van der Waals surface area contributed by atoms with Gasteiger partial charge >= 0.3 is 0 Å². The van der Waals surface area contributed by atoms with E-state index >= 15 is 0 Å². The number of carbonyl (C=O) groups is 1. The summed E-state index contributed by atoms with van der Waals surface area (Å²) in [5, 5.41) is 19.9. The van der Waals surface area contributed by atoms with Crippen LogP contribution in [0.2, 0.25) is 0 Å². The fraction of sp³-hybridized carbons (Fsp3) is 0.176. The zero-order valence-electron chi connectivity index (χ0n) is 13.7. The number of nitrogens with zero attached hydrogens (tertiary/aromatic N) is 4. The fourth-order valence-corrected chi connectivity index (χ4v) is 3.95. The molecule has 0 aliphatic carbocycles. The quantitative estimate of drug-likeness (QED) is 0.757. The summed E-state index contributed by atoms with van der Waals surface area (Å²) in [5.74, 6) is 0.363. The number of aromatic nitrogens is 4. The lowest BCUT2D eigenvalue weighted by Crippen LogP contribution is -2.31. The summed E-state index contributed by atoms with van der Waals surface area (Å²) < 4.78 is 1.66. The molecule has 1 aromatic carbocycles. The van der Waals surface area contributed by atoms with E-state index in [4.69, 9.17) is 0 Å². The molecule has 0 saturated carbocycles. The zero-order valence-corrected chi connectivity index (χ0v) is 14.5. The van der Waals surface area contributed by atoms with Gasteiger partial charge in [-0.2, -0.15) is 4.68 Å². The third-order valence-corrected chi connectivity index (χ3v) is 5.21. The van der Waals surface area contributed by atoms with Crippen LogP contribution in [0.1, 0.15) is 23.4 Å². The molecule has 25 heavy (non-hydrogen) atoms. The number of thiophene rings is 1. The van der Waals surface area contributed by atoms with Crippen LogP contribution in [0.3, 0.4) is 0 Å². The molecule has 1 aliphatic heterocycles. The van der Waals surface area contributed by atoms with E-state index in [0.717, 1.165) is 21.8 Å². The average Bonchev–Trinajstić information content (AvgIpc) is 3.23. The number of hydrogen-bond donors (Lipinski definition) is 2. The van der Waals surface area contributed by atoms with Crippen molar-refractivity contribution in [1.29, 1.82) is 0 Å². The molecule has 0 saturated heterocycles. The molecular formula is C17H16N6OS. The fourth-order valence-electron chi connectivity index (χ4n) is 2.93. The number of aryl methyl sites for hydroxylation is 1. The zero-order chi connectivity index (χ0) is 17.4. The molecule has 2 N–H and O–H groups in total. The molecule has 4 rings (SSSR count). The van der Waals surface area contributed by atoms with Gasteiger partial charge in [-0.15, -0.1) is 11.3 Å². The molecule has 7 nitrogen and oxygen atoms in total. The van der Waals surface area contributed by atoms with E-state index in [1.165, 1.54) is 0 Å². The first-order chi connectivity index (χ1) is 12.1. The number of tetrazole rings is 1. The number of allylic oxidation sites excluding steroid dienone is 1. The van der Waals surface area contributed by atoms with E-state index in [0.29, 0.717) is 11.5 Å². The van der Waals surface area contributed by atoms with E-state index in [1.54, 1.807) is 16.0 Å². The summed E-state index contributed by atoms with van der Waals surface area (Å²) in [6.45, 7) is 3.90. The van der Waals surface area contributed by atoms with Gasteiger partial charge in [0, 0.05) is 16.3 Å². The molecule has 0 bridgehead atoms. The lowest BCUT2D eigenvalue weighted by molar-refractivity contribution is -0.113. The summed E-state index contributed by atoms with van der Waals surface area (Å²) in [7, 11) is 0. The van der Waals surface area contributed by atoms with Crippen molar-refractivity contribution >= 4 is 28.9 Å². The highest BCUT2D eigenvalue weighted by Gasteiger charge is 2.35. The Kier molecular flexibility index (Phi) is 3.81. The van der Waals surface area contributed by atoms with Crippen LogP contribution < -0.4 is 10.6 Å². The highest BCUT2D eigenvalue weighted by Crippen LogP contribution is 2.38. The van der Waals surface area contributed by atoms with Gasteiger partial charge in [-0.3, -0.25) is 4.79 Å². The van der Waals surface area contributed by atoms with Crippen LogP contribution >= 0.6 is 11.3 Å². The lowest BCUT2D eigenvalue weighted by Gasteiger charge is -2.27. The summed E-state index contributed by atoms with van der Waals surface area (Å²) >= 11 is 1.59. The summed E-state index contributed by atoms with van der Waals surface area (Å²) in [6, 6.07) is 11.1. The minimum absolute atomic E-state index is 0.171. The SMILES string of the molecule is CC1=C(C(=O)Nc2ccccc2)[C@H](c2sccc2C)n2nnnc2N1. The molecule has 126 valence electrons. The number of carbonyl (C=O) groups excluding carboxylic acids is 1. The van der Waals surface area contributed by atoms with Crippen molar-refractivity contribution in [2.45, 2.75) is 19.9 Å². The molecule has 2 aromatic heterocycles. The molecule has 0 fully saturated rings. The van der Waals surface area contributed by atoms with Gasteiger partial charge in [-0.05, 0) is 53.4 Å². The predicted molar refractivity (Wildman–Crippen MR) is 96.4 cm³/mol. The Morgan fingerprint density at radius 2 is 2.04 bits per heavy atom. The molecule has 8 heteroatoms. The van der Waals surface area contributed by atoms with Crippen molar-refractivity contribution in [2.24, 2.45) is 0 Å². The molecule has 3 heterocycles. The molecule has 0 unspecified atom stereocenters. The first-order valence-corrected chi connectivity index (χ1v) is 8.69. The Morgan fingerprint density at radius 1 is 1.24 bits per heavy atom. The van der Waals surface area contributed by atoms with E-state index in [2.05, 4.69) is 26.2 Å². The third kappa shape index (κ3) is 2.70. The second-order valence-corrected chi connectivity index (χ2v) is 6.75. The van der Waals surface area contributed by atoms with Crippen molar-refractivity contribution in [3.63, 3.8) is 0 Å². The molecule has 0 spiro atoms. The van der Waals surface area contributed by atoms with Crippen LogP contribution in [-0.4, -0.2) is 26.1 Å². The number of hydrogen-bond acceptors (Lipinski definition) is 6. The molecular weight excluding hydrogens is 336 g/mol. The molecule has 1 atom stereocenters. The molecule has 0 radical (unpaired) electrons. The van der Waals surface area contributed by atoms with Crippen LogP contribution in [0.5, 0.6) is 0 Å². The Balaban J connectivity index is 1.78. The monoisotopic (exact) mass is 352 g/mol. The van der Waals surface area contributed by atoms with Gasteiger partial charge in [0.05, 0.1) is 5.57 Å². The topological polar surface area (TPSA) is 84.7 Å². The summed E-state index contributed by atoms with van der Waals surface area (Å²) in [6.07, 6.45) is 0. The minimum atomic E-state index is -0.352. The first-order valence-electron chi connectivity index (χ1n) is 7.81. The maximum atomic E-state index is 13.0. The molecule has 1 amide bonds. The van der Waals surface area contributed by atoms with Crippen LogP contribution in [0, 0.1) is 6.92 Å². The first kappa shape index (κ1) is 15.5. The highest BCUT2D eigenvalue weighted by molar-refractivity contribution is 7.10. The summed E-state index contributed by atoms with van der Waals surface area (Å²) in [4.78, 5) is 14.1. The maximum absolute atomic E-state index is 13.0. The Labute approximate surface area is 148 Å². The van der Waals surface area contributed by atoms with Crippen LogP contribution in [0.15, 0.2) is 53.0 Å². The van der Waals surface area contributed by atoms with E-state index in [9.17, 15) is 4.79 Å².